The van der Waals surface area contributed by atoms with Crippen molar-refractivity contribution in [2.24, 2.45) is 7.05 Å². The van der Waals surface area contributed by atoms with Crippen molar-refractivity contribution in [3.63, 3.8) is 0 Å². The molecule has 0 bridgehead atoms. The second kappa shape index (κ2) is 5.78. The van der Waals surface area contributed by atoms with Crippen LogP contribution in [0.2, 0.25) is 0 Å². The first-order valence-electron chi connectivity index (χ1n) is 8.39. The molecule has 0 radical (unpaired) electrons. The standard InChI is InChI=1S/C18H21N5O/c1-12-7-13(10-19-9-12)21-17-8-15-16(11-20-17)22(2)18(24)23(15)14-5-3-4-6-14/h7-11,14H,3-6H2,1-2H3,(H,20,21). The predicted molar refractivity (Wildman–Crippen MR) is 94.7 cm³/mol. The van der Waals surface area contributed by atoms with Crippen LogP contribution in [0.15, 0.2) is 35.5 Å². The Morgan fingerprint density at radius 1 is 1.12 bits per heavy atom. The molecule has 1 fully saturated rings. The van der Waals surface area contributed by atoms with Gasteiger partial charge < -0.3 is 5.32 Å². The highest BCUT2D eigenvalue weighted by Gasteiger charge is 2.23. The van der Waals surface area contributed by atoms with E-state index in [2.05, 4.69) is 15.3 Å². The molecule has 0 amide bonds. The summed E-state index contributed by atoms with van der Waals surface area (Å²) in [7, 11) is 1.81. The number of nitrogens with zero attached hydrogens (tertiary/aromatic N) is 4. The Hall–Kier alpha value is -2.63. The van der Waals surface area contributed by atoms with Crippen molar-refractivity contribution in [1.82, 2.24) is 19.1 Å². The Labute approximate surface area is 140 Å². The summed E-state index contributed by atoms with van der Waals surface area (Å²) < 4.78 is 3.64. The van der Waals surface area contributed by atoms with E-state index in [1.807, 2.05) is 36.9 Å². The Morgan fingerprint density at radius 2 is 1.92 bits per heavy atom. The number of fused-ring (bicyclic) bond motifs is 1. The summed E-state index contributed by atoms with van der Waals surface area (Å²) >= 11 is 0. The van der Waals surface area contributed by atoms with Gasteiger partial charge >= 0.3 is 5.69 Å². The summed E-state index contributed by atoms with van der Waals surface area (Å²) in [5.74, 6) is 0.729. The van der Waals surface area contributed by atoms with Gasteiger partial charge in [-0.2, -0.15) is 0 Å². The smallest absolute Gasteiger partial charge is 0.329 e. The summed E-state index contributed by atoms with van der Waals surface area (Å²) in [6, 6.07) is 4.29. The minimum Gasteiger partial charge on any atom is -0.339 e. The van der Waals surface area contributed by atoms with Crippen molar-refractivity contribution >= 4 is 22.5 Å². The lowest BCUT2D eigenvalue weighted by Gasteiger charge is -2.12. The van der Waals surface area contributed by atoms with Crippen LogP contribution < -0.4 is 11.0 Å². The van der Waals surface area contributed by atoms with Gasteiger partial charge in [-0.1, -0.05) is 12.8 Å². The molecule has 3 aromatic rings. The van der Waals surface area contributed by atoms with Crippen molar-refractivity contribution < 1.29 is 0 Å². The van der Waals surface area contributed by atoms with Crippen LogP contribution in [-0.4, -0.2) is 19.1 Å². The van der Waals surface area contributed by atoms with Crippen LogP contribution in [0.3, 0.4) is 0 Å². The monoisotopic (exact) mass is 323 g/mol. The van der Waals surface area contributed by atoms with Gasteiger partial charge in [0.1, 0.15) is 5.82 Å². The van der Waals surface area contributed by atoms with Crippen molar-refractivity contribution in [2.75, 3.05) is 5.32 Å². The largest absolute Gasteiger partial charge is 0.339 e. The molecule has 0 aromatic carbocycles. The highest BCUT2D eigenvalue weighted by molar-refractivity contribution is 5.79. The molecule has 0 atom stereocenters. The molecule has 0 saturated heterocycles. The van der Waals surface area contributed by atoms with Crippen LogP contribution in [0.4, 0.5) is 11.5 Å². The van der Waals surface area contributed by atoms with Gasteiger partial charge in [-0.05, 0) is 31.4 Å². The van der Waals surface area contributed by atoms with Crippen LogP contribution in [0.1, 0.15) is 37.3 Å². The van der Waals surface area contributed by atoms with E-state index in [9.17, 15) is 4.79 Å². The van der Waals surface area contributed by atoms with Crippen molar-refractivity contribution in [3.8, 4) is 0 Å². The Balaban J connectivity index is 1.79. The molecule has 3 aromatic heterocycles. The van der Waals surface area contributed by atoms with Gasteiger partial charge in [-0.15, -0.1) is 0 Å². The minimum absolute atomic E-state index is 0.0491. The van der Waals surface area contributed by atoms with E-state index in [0.29, 0.717) is 6.04 Å². The molecule has 1 aliphatic rings. The van der Waals surface area contributed by atoms with Crippen LogP contribution in [-0.2, 0) is 7.05 Å². The van der Waals surface area contributed by atoms with E-state index >= 15 is 0 Å². The van der Waals surface area contributed by atoms with Crippen LogP contribution in [0.25, 0.3) is 11.0 Å². The number of nitrogens with one attached hydrogen (secondary N) is 1. The third kappa shape index (κ3) is 2.48. The molecule has 1 aliphatic carbocycles. The number of hydrogen-bond donors (Lipinski definition) is 1. The molecule has 1 saturated carbocycles. The Kier molecular flexibility index (Phi) is 3.59. The van der Waals surface area contributed by atoms with E-state index in [4.69, 9.17) is 0 Å². The first kappa shape index (κ1) is 14.9. The first-order chi connectivity index (χ1) is 11.6. The predicted octanol–water partition coefficient (Wildman–Crippen LogP) is 3.30. The normalized spacial score (nSPS) is 15.2. The molecule has 4 rings (SSSR count). The molecule has 3 heterocycles. The lowest BCUT2D eigenvalue weighted by Crippen LogP contribution is -2.24. The van der Waals surface area contributed by atoms with Gasteiger partial charge in [0.05, 0.1) is 29.1 Å². The fraction of sp³-hybridized carbons (Fsp3) is 0.389. The third-order valence-electron chi connectivity index (χ3n) is 4.81. The third-order valence-corrected chi connectivity index (χ3v) is 4.81. The number of pyridine rings is 2. The summed E-state index contributed by atoms with van der Waals surface area (Å²) in [6.45, 7) is 2.00. The SMILES string of the molecule is Cc1cncc(Nc2cc3c(cn2)n(C)c(=O)n3C2CCCC2)c1. The van der Waals surface area contributed by atoms with Crippen molar-refractivity contribution in [2.45, 2.75) is 38.6 Å². The lowest BCUT2D eigenvalue weighted by molar-refractivity contribution is 0.509. The van der Waals surface area contributed by atoms with E-state index < -0.39 is 0 Å². The van der Waals surface area contributed by atoms with Gasteiger partial charge in [0, 0.05) is 25.4 Å². The summed E-state index contributed by atoms with van der Waals surface area (Å²) in [6.07, 6.45) is 9.90. The molecule has 0 spiro atoms. The summed E-state index contributed by atoms with van der Waals surface area (Å²) in [4.78, 5) is 21.3. The molecule has 6 heteroatoms. The molecule has 24 heavy (non-hydrogen) atoms. The van der Waals surface area contributed by atoms with E-state index in [-0.39, 0.29) is 5.69 Å². The molecule has 1 N–H and O–H groups in total. The Bertz CT molecular complexity index is 950. The highest BCUT2D eigenvalue weighted by atomic mass is 16.1. The van der Waals surface area contributed by atoms with Gasteiger partial charge in [-0.25, -0.2) is 9.78 Å². The van der Waals surface area contributed by atoms with Crippen LogP contribution >= 0.6 is 0 Å². The van der Waals surface area contributed by atoms with E-state index in [0.717, 1.165) is 40.9 Å². The fourth-order valence-electron chi connectivity index (χ4n) is 3.61. The average Bonchev–Trinajstić information content (AvgIpc) is 3.16. The maximum absolute atomic E-state index is 12.7. The zero-order valence-corrected chi connectivity index (χ0v) is 14.0. The number of anilines is 2. The lowest BCUT2D eigenvalue weighted by atomic mass is 10.2. The molecule has 6 nitrogen and oxygen atoms in total. The Morgan fingerprint density at radius 3 is 2.67 bits per heavy atom. The minimum atomic E-state index is 0.0491. The zero-order chi connectivity index (χ0) is 16.7. The van der Waals surface area contributed by atoms with Gasteiger partial charge in [0.15, 0.2) is 0 Å². The quantitative estimate of drug-likeness (QED) is 0.803. The number of aryl methyl sites for hydroxylation is 2. The second-order valence-corrected chi connectivity index (χ2v) is 6.58. The van der Waals surface area contributed by atoms with Crippen LogP contribution in [0.5, 0.6) is 0 Å². The number of rotatable bonds is 3. The number of aromatic nitrogens is 4. The van der Waals surface area contributed by atoms with Crippen molar-refractivity contribution in [1.29, 1.82) is 0 Å². The molecular formula is C18H21N5O. The second-order valence-electron chi connectivity index (χ2n) is 6.58. The van der Waals surface area contributed by atoms with Crippen LogP contribution in [0, 0.1) is 6.92 Å². The zero-order valence-electron chi connectivity index (χ0n) is 14.0. The maximum atomic E-state index is 12.7. The summed E-state index contributed by atoms with van der Waals surface area (Å²) in [5, 5.41) is 3.29. The molecule has 124 valence electrons. The van der Waals surface area contributed by atoms with E-state index in [1.165, 1.54) is 12.8 Å². The topological polar surface area (TPSA) is 64.7 Å². The van der Waals surface area contributed by atoms with Crippen molar-refractivity contribution in [3.05, 3.63) is 46.8 Å². The molecule has 0 unspecified atom stereocenters. The molecular weight excluding hydrogens is 302 g/mol. The van der Waals surface area contributed by atoms with Gasteiger partial charge in [0.25, 0.3) is 0 Å². The first-order valence-corrected chi connectivity index (χ1v) is 8.39. The number of hydrogen-bond acceptors (Lipinski definition) is 4. The number of imidazole rings is 1. The molecule has 0 aliphatic heterocycles. The van der Waals surface area contributed by atoms with E-state index in [1.54, 1.807) is 17.0 Å². The summed E-state index contributed by atoms with van der Waals surface area (Å²) in [5.41, 5.74) is 3.86. The highest BCUT2D eigenvalue weighted by Crippen LogP contribution is 2.31. The average molecular weight is 323 g/mol. The maximum Gasteiger partial charge on any atom is 0.329 e. The van der Waals surface area contributed by atoms with Gasteiger partial charge in [-0.3, -0.25) is 14.1 Å². The van der Waals surface area contributed by atoms with Gasteiger partial charge in [0.2, 0.25) is 0 Å². The fourth-order valence-corrected chi connectivity index (χ4v) is 3.61.